The number of nitrogens with zero attached hydrogens (tertiary/aromatic N) is 1. The molecule has 0 saturated heterocycles. The molecule has 0 radical (unpaired) electrons. The Morgan fingerprint density at radius 2 is 1.96 bits per heavy atom. The molecule has 1 aromatic heterocycles. The van der Waals surface area contributed by atoms with E-state index in [0.717, 1.165) is 11.1 Å². The number of carbonyl (C=O) groups is 1. The molecule has 0 aliphatic carbocycles. The van der Waals surface area contributed by atoms with E-state index in [2.05, 4.69) is 15.3 Å². The monoisotopic (exact) mass is 385 g/mol. The van der Waals surface area contributed by atoms with Gasteiger partial charge in [0.25, 0.3) is 5.56 Å². The molecular formula is C19H16ClN3O2S. The highest BCUT2D eigenvalue weighted by atomic mass is 35.5. The number of nitrogens with one attached hydrogen (secondary N) is 2. The highest BCUT2D eigenvalue weighted by molar-refractivity contribution is 7.99. The molecular weight excluding hydrogens is 370 g/mol. The number of halogens is 1. The van der Waals surface area contributed by atoms with E-state index in [9.17, 15) is 9.59 Å². The number of aromatic amines is 1. The fraction of sp³-hybridized carbons (Fsp3) is 0.105. The van der Waals surface area contributed by atoms with Gasteiger partial charge >= 0.3 is 0 Å². The summed E-state index contributed by atoms with van der Waals surface area (Å²) in [6.07, 6.45) is 0. The van der Waals surface area contributed by atoms with Crippen LogP contribution in [0.2, 0.25) is 5.02 Å². The number of aryl methyl sites for hydroxylation is 1. The van der Waals surface area contributed by atoms with E-state index in [-0.39, 0.29) is 17.2 Å². The van der Waals surface area contributed by atoms with Gasteiger partial charge in [0.05, 0.1) is 11.4 Å². The average Bonchev–Trinajstić information content (AvgIpc) is 2.63. The Morgan fingerprint density at radius 3 is 2.73 bits per heavy atom. The molecule has 1 heterocycles. The van der Waals surface area contributed by atoms with Gasteiger partial charge in [0.2, 0.25) is 5.91 Å². The van der Waals surface area contributed by atoms with Gasteiger partial charge < -0.3 is 10.3 Å². The van der Waals surface area contributed by atoms with Crippen molar-refractivity contribution in [1.82, 2.24) is 9.97 Å². The summed E-state index contributed by atoms with van der Waals surface area (Å²) in [5.74, 6) is -0.0826. The van der Waals surface area contributed by atoms with E-state index in [1.807, 2.05) is 43.3 Å². The summed E-state index contributed by atoms with van der Waals surface area (Å²) in [5.41, 5.74) is 2.75. The molecule has 0 aliphatic heterocycles. The zero-order valence-electron chi connectivity index (χ0n) is 14.0. The lowest BCUT2D eigenvalue weighted by Crippen LogP contribution is -2.16. The van der Waals surface area contributed by atoms with Crippen LogP contribution in [0.3, 0.4) is 0 Å². The highest BCUT2D eigenvalue weighted by Gasteiger charge is 2.09. The summed E-state index contributed by atoms with van der Waals surface area (Å²) in [6.45, 7) is 1.89. The van der Waals surface area contributed by atoms with Crippen LogP contribution in [0.5, 0.6) is 0 Å². The minimum Gasteiger partial charge on any atom is -0.325 e. The molecule has 5 nitrogen and oxygen atoms in total. The van der Waals surface area contributed by atoms with Crippen molar-refractivity contribution in [3.8, 4) is 11.3 Å². The Balaban J connectivity index is 1.69. The summed E-state index contributed by atoms with van der Waals surface area (Å²) in [5, 5.41) is 3.77. The molecule has 0 spiro atoms. The second kappa shape index (κ2) is 8.21. The summed E-state index contributed by atoms with van der Waals surface area (Å²) in [4.78, 5) is 31.1. The van der Waals surface area contributed by atoms with Crippen molar-refractivity contribution in [2.75, 3.05) is 11.1 Å². The maximum atomic E-state index is 12.2. The predicted molar refractivity (Wildman–Crippen MR) is 106 cm³/mol. The molecule has 0 atom stereocenters. The first-order chi connectivity index (χ1) is 12.5. The number of hydrogen-bond donors (Lipinski definition) is 2. The number of hydrogen-bond acceptors (Lipinski definition) is 4. The summed E-state index contributed by atoms with van der Waals surface area (Å²) in [6, 6.07) is 16.2. The van der Waals surface area contributed by atoms with Crippen LogP contribution in [0, 0.1) is 6.92 Å². The Labute approximate surface area is 159 Å². The van der Waals surface area contributed by atoms with Crippen molar-refractivity contribution < 1.29 is 4.79 Å². The Hall–Kier alpha value is -2.57. The third-order valence-electron chi connectivity index (χ3n) is 3.60. The van der Waals surface area contributed by atoms with E-state index < -0.39 is 0 Å². The van der Waals surface area contributed by atoms with Gasteiger partial charge in [-0.1, -0.05) is 59.8 Å². The number of carbonyl (C=O) groups excluding carboxylic acids is 1. The van der Waals surface area contributed by atoms with Crippen LogP contribution in [0.4, 0.5) is 5.69 Å². The SMILES string of the molecule is Cc1ccc(Cl)cc1NC(=O)CSc1nc(-c2ccccc2)cc(=O)[nH]1. The lowest BCUT2D eigenvalue weighted by atomic mass is 10.1. The Bertz CT molecular complexity index is 990. The third-order valence-corrected chi connectivity index (χ3v) is 4.71. The maximum Gasteiger partial charge on any atom is 0.252 e. The zero-order chi connectivity index (χ0) is 18.5. The number of amides is 1. The van der Waals surface area contributed by atoms with Crippen LogP contribution in [0.15, 0.2) is 64.5 Å². The molecule has 1 amide bonds. The van der Waals surface area contributed by atoms with Crippen LogP contribution >= 0.6 is 23.4 Å². The lowest BCUT2D eigenvalue weighted by molar-refractivity contribution is -0.113. The van der Waals surface area contributed by atoms with Crippen LogP contribution in [-0.4, -0.2) is 21.6 Å². The number of anilines is 1. The third kappa shape index (κ3) is 4.74. The van der Waals surface area contributed by atoms with Crippen LogP contribution in [0.25, 0.3) is 11.3 Å². The van der Waals surface area contributed by atoms with Crippen LogP contribution in [-0.2, 0) is 4.79 Å². The highest BCUT2D eigenvalue weighted by Crippen LogP contribution is 2.22. The van der Waals surface area contributed by atoms with E-state index in [0.29, 0.717) is 21.6 Å². The van der Waals surface area contributed by atoms with Gasteiger partial charge in [0, 0.05) is 22.3 Å². The van der Waals surface area contributed by atoms with E-state index in [1.54, 1.807) is 12.1 Å². The molecule has 0 aliphatic rings. The topological polar surface area (TPSA) is 74.8 Å². The molecule has 2 aromatic carbocycles. The first kappa shape index (κ1) is 18.2. The zero-order valence-corrected chi connectivity index (χ0v) is 15.5. The number of H-pyrrole nitrogens is 1. The van der Waals surface area contributed by atoms with Crippen molar-refractivity contribution in [3.63, 3.8) is 0 Å². The minimum atomic E-state index is -0.257. The van der Waals surface area contributed by atoms with Crippen molar-refractivity contribution in [3.05, 3.63) is 75.5 Å². The van der Waals surface area contributed by atoms with E-state index in [1.165, 1.54) is 17.8 Å². The molecule has 3 aromatic rings. The average molecular weight is 386 g/mol. The van der Waals surface area contributed by atoms with Gasteiger partial charge in [-0.25, -0.2) is 4.98 Å². The van der Waals surface area contributed by atoms with Crippen LogP contribution < -0.4 is 10.9 Å². The first-order valence-corrected chi connectivity index (χ1v) is 9.23. The second-order valence-electron chi connectivity index (χ2n) is 5.60. The fourth-order valence-electron chi connectivity index (χ4n) is 2.31. The van der Waals surface area contributed by atoms with Crippen molar-refractivity contribution >= 4 is 35.0 Å². The lowest BCUT2D eigenvalue weighted by Gasteiger charge is -2.09. The summed E-state index contributed by atoms with van der Waals surface area (Å²) in [7, 11) is 0. The number of benzene rings is 2. The van der Waals surface area contributed by atoms with Gasteiger partial charge in [-0.05, 0) is 24.6 Å². The smallest absolute Gasteiger partial charge is 0.252 e. The fourth-order valence-corrected chi connectivity index (χ4v) is 3.16. The summed E-state index contributed by atoms with van der Waals surface area (Å²) >= 11 is 7.13. The predicted octanol–water partition coefficient (Wildman–Crippen LogP) is 4.13. The van der Waals surface area contributed by atoms with Crippen molar-refractivity contribution in [1.29, 1.82) is 0 Å². The second-order valence-corrected chi connectivity index (χ2v) is 7.00. The van der Waals surface area contributed by atoms with E-state index >= 15 is 0 Å². The van der Waals surface area contributed by atoms with E-state index in [4.69, 9.17) is 11.6 Å². The number of aromatic nitrogens is 2. The maximum absolute atomic E-state index is 12.2. The number of rotatable bonds is 5. The largest absolute Gasteiger partial charge is 0.325 e. The molecule has 7 heteroatoms. The van der Waals surface area contributed by atoms with Gasteiger partial charge in [-0.2, -0.15) is 0 Å². The van der Waals surface area contributed by atoms with Gasteiger partial charge in [-0.3, -0.25) is 9.59 Å². The number of thioether (sulfide) groups is 1. The Morgan fingerprint density at radius 1 is 1.19 bits per heavy atom. The summed E-state index contributed by atoms with van der Waals surface area (Å²) < 4.78 is 0. The van der Waals surface area contributed by atoms with Crippen molar-refractivity contribution in [2.24, 2.45) is 0 Å². The van der Waals surface area contributed by atoms with Gasteiger partial charge in [0.1, 0.15) is 0 Å². The molecule has 132 valence electrons. The first-order valence-electron chi connectivity index (χ1n) is 7.87. The molecule has 0 bridgehead atoms. The molecule has 2 N–H and O–H groups in total. The van der Waals surface area contributed by atoms with Gasteiger partial charge in [0.15, 0.2) is 5.16 Å². The minimum absolute atomic E-state index is 0.118. The van der Waals surface area contributed by atoms with Crippen LogP contribution in [0.1, 0.15) is 5.56 Å². The van der Waals surface area contributed by atoms with Crippen molar-refractivity contribution in [2.45, 2.75) is 12.1 Å². The molecule has 3 rings (SSSR count). The molecule has 26 heavy (non-hydrogen) atoms. The molecule has 0 fully saturated rings. The Kier molecular flexibility index (Phi) is 5.75. The molecule has 0 saturated carbocycles. The van der Waals surface area contributed by atoms with Gasteiger partial charge in [-0.15, -0.1) is 0 Å². The molecule has 0 unspecified atom stereocenters. The standard InChI is InChI=1S/C19H16ClN3O2S/c1-12-7-8-14(20)9-15(12)21-18(25)11-26-19-22-16(10-17(24)23-19)13-5-3-2-4-6-13/h2-10H,11H2,1H3,(H,21,25)(H,22,23,24). The quantitative estimate of drug-likeness (QED) is 0.511. The normalized spacial score (nSPS) is 10.5.